The first-order chi connectivity index (χ1) is 14.5. The number of carbonyl (C=O) groups is 2. The monoisotopic (exact) mass is 407 g/mol. The van der Waals surface area contributed by atoms with Gasteiger partial charge >= 0.3 is 0 Å². The Morgan fingerprint density at radius 2 is 1.73 bits per heavy atom. The Morgan fingerprint density at radius 1 is 1.03 bits per heavy atom. The van der Waals surface area contributed by atoms with Gasteiger partial charge in [-0.1, -0.05) is 0 Å². The fourth-order valence-corrected chi connectivity index (χ4v) is 3.07. The van der Waals surface area contributed by atoms with Gasteiger partial charge in [0.25, 0.3) is 5.91 Å². The molecule has 0 aliphatic heterocycles. The van der Waals surface area contributed by atoms with Gasteiger partial charge in [0.05, 0.1) is 12.2 Å². The minimum Gasteiger partial charge on any atom is -0.376 e. The van der Waals surface area contributed by atoms with Gasteiger partial charge in [-0.25, -0.2) is 4.68 Å². The molecule has 0 radical (unpaired) electrons. The quantitative estimate of drug-likeness (QED) is 0.594. The normalized spacial score (nSPS) is 10.5. The third-order valence-electron chi connectivity index (χ3n) is 4.71. The fourth-order valence-electron chi connectivity index (χ4n) is 3.07. The van der Waals surface area contributed by atoms with Crippen LogP contribution in [0.2, 0.25) is 0 Å². The number of benzene rings is 2. The molecule has 0 aliphatic carbocycles. The van der Waals surface area contributed by atoms with Gasteiger partial charge in [-0.3, -0.25) is 9.59 Å². The van der Waals surface area contributed by atoms with Crippen LogP contribution in [0, 0.1) is 6.92 Å². The van der Waals surface area contributed by atoms with E-state index in [1.165, 1.54) is 6.33 Å². The Kier molecular flexibility index (Phi) is 6.74. The third kappa shape index (κ3) is 4.99. The number of rotatable bonds is 8. The molecule has 2 N–H and O–H groups in total. The highest BCUT2D eigenvalue weighted by Crippen LogP contribution is 2.18. The third-order valence-corrected chi connectivity index (χ3v) is 4.71. The molecule has 0 atom stereocenters. The Morgan fingerprint density at radius 3 is 2.33 bits per heavy atom. The lowest BCUT2D eigenvalue weighted by atomic mass is 10.1. The number of amides is 2. The number of nitrogens with zero attached hydrogens (tertiary/aromatic N) is 5. The minimum absolute atomic E-state index is 0.0139. The summed E-state index contributed by atoms with van der Waals surface area (Å²) in [6.45, 7) is 7.28. The van der Waals surface area contributed by atoms with Crippen LogP contribution in [0.3, 0.4) is 0 Å². The summed E-state index contributed by atoms with van der Waals surface area (Å²) in [6, 6.07) is 12.6. The van der Waals surface area contributed by atoms with Crippen molar-refractivity contribution in [1.29, 1.82) is 0 Å². The number of anilines is 2. The van der Waals surface area contributed by atoms with E-state index in [2.05, 4.69) is 26.2 Å². The average molecular weight is 407 g/mol. The Hall–Kier alpha value is -3.75. The van der Waals surface area contributed by atoms with Crippen LogP contribution < -0.4 is 10.6 Å². The summed E-state index contributed by atoms with van der Waals surface area (Å²) in [5.41, 5.74) is 3.91. The fraction of sp³-hybridized carbons (Fsp3) is 0.286. The maximum atomic E-state index is 12.3. The second-order valence-electron chi connectivity index (χ2n) is 6.71. The first kappa shape index (κ1) is 21.0. The minimum atomic E-state index is -0.181. The molecule has 0 spiro atoms. The van der Waals surface area contributed by atoms with E-state index in [1.54, 1.807) is 33.8 Å². The molecule has 3 rings (SSSR count). The second-order valence-corrected chi connectivity index (χ2v) is 6.71. The molecule has 1 aromatic heterocycles. The first-order valence-corrected chi connectivity index (χ1v) is 9.79. The van der Waals surface area contributed by atoms with Crippen molar-refractivity contribution in [2.75, 3.05) is 30.3 Å². The Bertz CT molecular complexity index is 997. The van der Waals surface area contributed by atoms with E-state index in [1.807, 2.05) is 39.0 Å². The van der Waals surface area contributed by atoms with Crippen LogP contribution in [0.15, 0.2) is 48.8 Å². The molecule has 2 aromatic carbocycles. The molecule has 9 heteroatoms. The van der Waals surface area contributed by atoms with Crippen molar-refractivity contribution in [3.05, 3.63) is 59.9 Å². The van der Waals surface area contributed by atoms with E-state index in [9.17, 15) is 9.59 Å². The van der Waals surface area contributed by atoms with Crippen molar-refractivity contribution < 1.29 is 9.59 Å². The predicted octanol–water partition coefficient (Wildman–Crippen LogP) is 2.50. The predicted molar refractivity (Wildman–Crippen MR) is 115 cm³/mol. The highest BCUT2D eigenvalue weighted by Gasteiger charge is 2.12. The lowest BCUT2D eigenvalue weighted by molar-refractivity contribution is -0.114. The zero-order valence-corrected chi connectivity index (χ0v) is 17.3. The van der Waals surface area contributed by atoms with Gasteiger partial charge in [0.2, 0.25) is 5.91 Å². The number of hydrogen-bond donors (Lipinski definition) is 2. The van der Waals surface area contributed by atoms with Crippen LogP contribution in [0.4, 0.5) is 11.4 Å². The molecule has 1 heterocycles. The van der Waals surface area contributed by atoms with E-state index in [-0.39, 0.29) is 18.4 Å². The molecule has 0 unspecified atom stereocenters. The van der Waals surface area contributed by atoms with Gasteiger partial charge in [-0.15, -0.1) is 5.10 Å². The number of nitrogens with one attached hydrogen (secondary N) is 2. The van der Waals surface area contributed by atoms with E-state index < -0.39 is 0 Å². The lowest BCUT2D eigenvalue weighted by Gasteiger charge is -2.18. The van der Waals surface area contributed by atoms with Crippen LogP contribution in [-0.2, 0) is 4.79 Å². The summed E-state index contributed by atoms with van der Waals surface area (Å²) < 4.78 is 1.58. The Balaban J connectivity index is 1.55. The van der Waals surface area contributed by atoms with Crippen molar-refractivity contribution in [2.45, 2.75) is 20.8 Å². The van der Waals surface area contributed by atoms with Crippen molar-refractivity contribution in [3.8, 4) is 5.69 Å². The molecular weight excluding hydrogens is 382 g/mol. The van der Waals surface area contributed by atoms with Gasteiger partial charge in [-0.05, 0) is 79.2 Å². The van der Waals surface area contributed by atoms with Gasteiger partial charge in [0.15, 0.2) is 0 Å². The highest BCUT2D eigenvalue weighted by atomic mass is 16.2. The van der Waals surface area contributed by atoms with Crippen LogP contribution >= 0.6 is 0 Å². The van der Waals surface area contributed by atoms with Crippen LogP contribution in [0.5, 0.6) is 0 Å². The zero-order chi connectivity index (χ0) is 21.5. The van der Waals surface area contributed by atoms with Gasteiger partial charge in [-0.2, -0.15) is 0 Å². The largest absolute Gasteiger partial charge is 0.376 e. The number of aromatic nitrogens is 4. The SMILES string of the molecule is CCN(CC)C(=O)c1ccc(NC(=O)CNc2ccc(-n3cnnn3)c(C)c2)cc1. The zero-order valence-electron chi connectivity index (χ0n) is 17.3. The topological polar surface area (TPSA) is 105 Å². The second kappa shape index (κ2) is 9.64. The highest BCUT2D eigenvalue weighted by molar-refractivity contribution is 5.96. The summed E-state index contributed by atoms with van der Waals surface area (Å²) in [7, 11) is 0. The molecule has 30 heavy (non-hydrogen) atoms. The summed E-state index contributed by atoms with van der Waals surface area (Å²) in [5, 5.41) is 17.1. The smallest absolute Gasteiger partial charge is 0.253 e. The van der Waals surface area contributed by atoms with E-state index in [0.717, 1.165) is 16.9 Å². The van der Waals surface area contributed by atoms with E-state index in [0.29, 0.717) is 24.3 Å². The number of aryl methyl sites for hydroxylation is 1. The standard InChI is InChI=1S/C21H25N7O2/c1-4-27(5-2)21(30)16-6-8-17(9-7-16)24-20(29)13-22-18-10-11-19(15(3)12-18)28-14-23-25-26-28/h6-12,14,22H,4-5,13H2,1-3H3,(H,24,29). The summed E-state index contributed by atoms with van der Waals surface area (Å²) in [6.07, 6.45) is 1.53. The van der Waals surface area contributed by atoms with Crippen molar-refractivity contribution in [1.82, 2.24) is 25.1 Å². The molecule has 9 nitrogen and oxygen atoms in total. The maximum absolute atomic E-state index is 12.3. The molecule has 0 saturated carbocycles. The van der Waals surface area contributed by atoms with Crippen LogP contribution in [0.25, 0.3) is 5.69 Å². The van der Waals surface area contributed by atoms with E-state index in [4.69, 9.17) is 0 Å². The number of carbonyl (C=O) groups excluding carboxylic acids is 2. The molecule has 3 aromatic rings. The van der Waals surface area contributed by atoms with Crippen LogP contribution in [-0.4, -0.2) is 56.6 Å². The summed E-state index contributed by atoms with van der Waals surface area (Å²) >= 11 is 0. The molecule has 0 bridgehead atoms. The number of tetrazole rings is 1. The van der Waals surface area contributed by atoms with Gasteiger partial charge < -0.3 is 15.5 Å². The molecule has 2 amide bonds. The summed E-state index contributed by atoms with van der Waals surface area (Å²) in [5.74, 6) is -0.194. The molecular formula is C21H25N7O2. The van der Waals surface area contributed by atoms with Crippen molar-refractivity contribution in [3.63, 3.8) is 0 Å². The first-order valence-electron chi connectivity index (χ1n) is 9.79. The van der Waals surface area contributed by atoms with E-state index >= 15 is 0 Å². The molecule has 0 fully saturated rings. The molecule has 156 valence electrons. The van der Waals surface area contributed by atoms with Crippen molar-refractivity contribution >= 4 is 23.2 Å². The summed E-state index contributed by atoms with van der Waals surface area (Å²) in [4.78, 5) is 26.4. The lowest BCUT2D eigenvalue weighted by Crippen LogP contribution is -2.30. The Labute approximate surface area is 175 Å². The van der Waals surface area contributed by atoms with Gasteiger partial charge in [0, 0.05) is 30.0 Å². The molecule has 0 saturated heterocycles. The van der Waals surface area contributed by atoms with Crippen molar-refractivity contribution in [2.24, 2.45) is 0 Å². The van der Waals surface area contributed by atoms with Gasteiger partial charge in [0.1, 0.15) is 6.33 Å². The maximum Gasteiger partial charge on any atom is 0.253 e. The average Bonchev–Trinajstić information content (AvgIpc) is 3.28. The van der Waals surface area contributed by atoms with Crippen LogP contribution in [0.1, 0.15) is 29.8 Å². The number of hydrogen-bond acceptors (Lipinski definition) is 6. The molecule has 0 aliphatic rings.